The Morgan fingerprint density at radius 2 is 1.87 bits per heavy atom. The van der Waals surface area contributed by atoms with Crippen LogP contribution in [0.15, 0.2) is 29.3 Å². The predicted octanol–water partition coefficient (Wildman–Crippen LogP) is 1.13. The lowest BCUT2D eigenvalue weighted by molar-refractivity contribution is -0.230. The molecule has 7 nitrogen and oxygen atoms in total. The van der Waals surface area contributed by atoms with Crippen LogP contribution in [0.3, 0.4) is 0 Å². The molecular weight excluding hydrogens is 296 g/mol. The number of amidine groups is 1. The van der Waals surface area contributed by atoms with Gasteiger partial charge >= 0.3 is 0 Å². The van der Waals surface area contributed by atoms with Crippen molar-refractivity contribution in [3.05, 3.63) is 29.8 Å². The van der Waals surface area contributed by atoms with E-state index in [1.54, 1.807) is 25.3 Å². The number of nitrogens with two attached hydrogens (primary N) is 1. The van der Waals surface area contributed by atoms with Gasteiger partial charge in [0.05, 0.1) is 19.2 Å². The quantitative estimate of drug-likeness (QED) is 0.834. The number of rotatable bonds is 4. The van der Waals surface area contributed by atoms with E-state index in [0.717, 1.165) is 5.56 Å². The van der Waals surface area contributed by atoms with Crippen LogP contribution in [0.5, 0.6) is 5.75 Å². The highest BCUT2D eigenvalue weighted by atomic mass is 16.7. The molecule has 7 heteroatoms. The fraction of sp³-hybridized carbons (Fsp3) is 0.438. The molecule has 3 rings (SSSR count). The molecule has 1 aromatic rings. The highest BCUT2D eigenvalue weighted by Crippen LogP contribution is 2.81. The molecule has 1 aliphatic carbocycles. The van der Waals surface area contributed by atoms with Crippen LogP contribution in [0.4, 0.5) is 0 Å². The number of aliphatic imine (C=N–C) groups is 1. The molecule has 23 heavy (non-hydrogen) atoms. The van der Waals surface area contributed by atoms with Gasteiger partial charge in [0.1, 0.15) is 17.0 Å². The first-order valence-electron chi connectivity index (χ1n) is 6.96. The summed E-state index contributed by atoms with van der Waals surface area (Å²) in [7, 11) is 4.32. The van der Waals surface area contributed by atoms with E-state index >= 15 is 0 Å². The molecule has 0 saturated heterocycles. The zero-order valence-corrected chi connectivity index (χ0v) is 13.0. The number of ether oxygens (including phenoxy) is 3. The van der Waals surface area contributed by atoms with Gasteiger partial charge in [0.15, 0.2) is 5.41 Å². The van der Waals surface area contributed by atoms with E-state index < -0.39 is 22.7 Å². The maximum absolute atomic E-state index is 9.92. The van der Waals surface area contributed by atoms with Crippen LogP contribution >= 0.6 is 0 Å². The number of hydrogen-bond donors (Lipinski definition) is 1. The van der Waals surface area contributed by atoms with Crippen molar-refractivity contribution in [1.29, 1.82) is 10.5 Å². The normalized spacial score (nSPS) is 33.1. The average Bonchev–Trinajstić information content (AvgIpc) is 3.18. The Bertz CT molecular complexity index is 774. The summed E-state index contributed by atoms with van der Waals surface area (Å²) < 4.78 is 16.0. The standard InChI is InChI=1S/C16H16N4O3/c1-21-11-6-4-5-10(7-11)12-14(8-17)13(19)20-16(22-2,23-3)15(12,14)9-18/h4-7,12H,1-3H3,(H2,19,20)/t12-,14+,15+/m0/s1. The lowest BCUT2D eigenvalue weighted by Crippen LogP contribution is -2.41. The molecule has 3 atom stereocenters. The van der Waals surface area contributed by atoms with E-state index in [-0.39, 0.29) is 5.84 Å². The van der Waals surface area contributed by atoms with Crippen LogP contribution in [-0.2, 0) is 9.47 Å². The second-order valence-electron chi connectivity index (χ2n) is 5.54. The summed E-state index contributed by atoms with van der Waals surface area (Å²) in [5.41, 5.74) is 4.17. The maximum atomic E-state index is 9.92. The first-order chi connectivity index (χ1) is 11.0. The Balaban J connectivity index is 2.23. The van der Waals surface area contributed by atoms with Gasteiger partial charge in [-0.25, -0.2) is 4.99 Å². The first-order valence-corrected chi connectivity index (χ1v) is 6.96. The Kier molecular flexibility index (Phi) is 3.12. The molecule has 0 spiro atoms. The van der Waals surface area contributed by atoms with E-state index in [0.29, 0.717) is 5.75 Å². The minimum Gasteiger partial charge on any atom is -0.497 e. The molecule has 1 aliphatic heterocycles. The van der Waals surface area contributed by atoms with Crippen molar-refractivity contribution >= 4 is 5.84 Å². The SMILES string of the molecule is COc1cccc([C@H]2[C@]3(C#N)C(N)=NC(OC)(OC)[C@]23C#N)c1. The molecule has 0 bridgehead atoms. The van der Waals surface area contributed by atoms with Crippen LogP contribution in [0.2, 0.25) is 0 Å². The molecule has 118 valence electrons. The van der Waals surface area contributed by atoms with E-state index in [1.807, 2.05) is 6.07 Å². The first kappa shape index (κ1) is 15.3. The van der Waals surface area contributed by atoms with Gasteiger partial charge < -0.3 is 19.9 Å². The Hall–Kier alpha value is -2.61. The molecule has 1 aromatic carbocycles. The number of hydrogen-bond acceptors (Lipinski definition) is 7. The fourth-order valence-electron chi connectivity index (χ4n) is 3.84. The largest absolute Gasteiger partial charge is 0.497 e. The van der Waals surface area contributed by atoms with Crippen LogP contribution in [-0.4, -0.2) is 33.1 Å². The minimum absolute atomic E-state index is 0.0538. The Morgan fingerprint density at radius 3 is 2.39 bits per heavy atom. The van der Waals surface area contributed by atoms with Gasteiger partial charge in [-0.1, -0.05) is 12.1 Å². The Morgan fingerprint density at radius 1 is 1.17 bits per heavy atom. The molecule has 1 saturated carbocycles. The summed E-state index contributed by atoms with van der Waals surface area (Å²) >= 11 is 0. The zero-order chi connectivity index (χ0) is 16.9. The third-order valence-corrected chi connectivity index (χ3v) is 4.91. The van der Waals surface area contributed by atoms with Gasteiger partial charge in [-0.05, 0) is 17.7 Å². The topological polar surface area (TPSA) is 114 Å². The lowest BCUT2D eigenvalue weighted by Gasteiger charge is -2.29. The van der Waals surface area contributed by atoms with Crippen LogP contribution in [0.25, 0.3) is 0 Å². The number of fused-ring (bicyclic) bond motifs is 1. The summed E-state index contributed by atoms with van der Waals surface area (Å²) in [5, 5.41) is 19.7. The smallest absolute Gasteiger partial charge is 0.292 e. The average molecular weight is 312 g/mol. The summed E-state index contributed by atoms with van der Waals surface area (Å²) in [6.45, 7) is 0. The number of nitriles is 2. The fourth-order valence-corrected chi connectivity index (χ4v) is 3.84. The molecular formula is C16H16N4O3. The molecule has 0 aromatic heterocycles. The number of benzene rings is 1. The second-order valence-corrected chi connectivity index (χ2v) is 5.54. The molecule has 2 aliphatic rings. The molecule has 1 heterocycles. The zero-order valence-electron chi connectivity index (χ0n) is 13.0. The minimum atomic E-state index is -1.60. The Labute approximate surface area is 133 Å². The van der Waals surface area contributed by atoms with Gasteiger partial charge in [-0.2, -0.15) is 10.5 Å². The summed E-state index contributed by atoms with van der Waals surface area (Å²) in [6.07, 6.45) is 0. The van der Waals surface area contributed by atoms with Gasteiger partial charge in [0, 0.05) is 20.1 Å². The van der Waals surface area contributed by atoms with E-state index in [9.17, 15) is 10.5 Å². The summed E-state index contributed by atoms with van der Waals surface area (Å²) in [5.74, 6) is -1.44. The highest BCUT2D eigenvalue weighted by molar-refractivity contribution is 6.00. The lowest BCUT2D eigenvalue weighted by atomic mass is 9.93. The van der Waals surface area contributed by atoms with Crippen molar-refractivity contribution in [2.24, 2.45) is 21.6 Å². The van der Waals surface area contributed by atoms with Crippen molar-refractivity contribution in [2.75, 3.05) is 21.3 Å². The molecule has 0 amide bonds. The van der Waals surface area contributed by atoms with E-state index in [2.05, 4.69) is 17.1 Å². The van der Waals surface area contributed by atoms with Gasteiger partial charge in [0.25, 0.3) is 5.91 Å². The third kappa shape index (κ3) is 1.41. The monoisotopic (exact) mass is 312 g/mol. The van der Waals surface area contributed by atoms with E-state index in [4.69, 9.17) is 19.9 Å². The third-order valence-electron chi connectivity index (χ3n) is 4.91. The van der Waals surface area contributed by atoms with Gasteiger partial charge in [-0.3, -0.25) is 0 Å². The predicted molar refractivity (Wildman–Crippen MR) is 80.2 cm³/mol. The number of methoxy groups -OCH3 is 3. The van der Waals surface area contributed by atoms with Crippen LogP contribution < -0.4 is 10.5 Å². The van der Waals surface area contributed by atoms with Crippen molar-refractivity contribution in [2.45, 2.75) is 11.8 Å². The van der Waals surface area contributed by atoms with Crippen molar-refractivity contribution in [3.63, 3.8) is 0 Å². The molecule has 0 radical (unpaired) electrons. The molecule has 0 unspecified atom stereocenters. The van der Waals surface area contributed by atoms with Crippen molar-refractivity contribution < 1.29 is 14.2 Å². The number of nitrogens with zero attached hydrogens (tertiary/aromatic N) is 3. The highest BCUT2D eigenvalue weighted by Gasteiger charge is 2.93. The van der Waals surface area contributed by atoms with Gasteiger partial charge in [-0.15, -0.1) is 0 Å². The summed E-state index contributed by atoms with van der Waals surface area (Å²) in [4.78, 5) is 4.17. The van der Waals surface area contributed by atoms with E-state index in [1.165, 1.54) is 14.2 Å². The van der Waals surface area contributed by atoms with Crippen molar-refractivity contribution in [3.8, 4) is 17.9 Å². The molecule has 1 fully saturated rings. The maximum Gasteiger partial charge on any atom is 0.292 e. The van der Waals surface area contributed by atoms with Crippen LogP contribution in [0, 0.1) is 33.5 Å². The molecule has 2 N–H and O–H groups in total. The second kappa shape index (κ2) is 4.69. The summed E-state index contributed by atoms with van der Waals surface area (Å²) in [6, 6.07) is 11.6. The van der Waals surface area contributed by atoms with Crippen LogP contribution in [0.1, 0.15) is 11.5 Å². The van der Waals surface area contributed by atoms with Gasteiger partial charge in [0.2, 0.25) is 0 Å². The van der Waals surface area contributed by atoms with Crippen molar-refractivity contribution in [1.82, 2.24) is 0 Å².